The molecule has 0 aromatic heterocycles. The van der Waals surface area contributed by atoms with Crippen LogP contribution in [0.4, 0.5) is 17.6 Å². The van der Waals surface area contributed by atoms with Gasteiger partial charge in [-0.2, -0.15) is 0 Å². The largest absolute Gasteiger partial charge is 0.275 e. The van der Waals surface area contributed by atoms with Gasteiger partial charge >= 0.3 is 0 Å². The Hall–Kier alpha value is 0.154. The maximum absolute atomic E-state index is 11.6. The number of hydrogen-bond donors (Lipinski definition) is 0. The molecule has 0 N–H and O–H groups in total. The van der Waals surface area contributed by atoms with Crippen LogP contribution in [0.2, 0.25) is 0 Å². The van der Waals surface area contributed by atoms with Gasteiger partial charge in [0.2, 0.25) is 0 Å². The van der Waals surface area contributed by atoms with E-state index in [1.807, 2.05) is 0 Å². The highest BCUT2D eigenvalue weighted by molar-refractivity contribution is 6.23. The molecule has 0 saturated heterocycles. The summed E-state index contributed by atoms with van der Waals surface area (Å²) in [5.41, 5.74) is -7.39. The Morgan fingerprint density at radius 3 is 0.875 bits per heavy atom. The summed E-state index contributed by atoms with van der Waals surface area (Å²) in [5.74, 6) is 0. The molecule has 0 radical (unpaired) electrons. The van der Waals surface area contributed by atoms with E-state index in [9.17, 15) is 17.6 Å². The van der Waals surface area contributed by atoms with Gasteiger partial charge in [0, 0.05) is 0 Å². The van der Waals surface area contributed by atoms with Crippen molar-refractivity contribution in [1.82, 2.24) is 0 Å². The van der Waals surface area contributed by atoms with E-state index in [2.05, 4.69) is 0 Å². The third-order valence-electron chi connectivity index (χ3n) is 0.771. The smallest absolute Gasteiger partial charge is 0.207 e. The Bertz CT molecular complexity index is 67.0. The van der Waals surface area contributed by atoms with Crippen LogP contribution in [-0.4, -0.2) is 31.6 Å². The Morgan fingerprint density at radius 2 is 0.875 bits per heavy atom. The van der Waals surface area contributed by atoms with Crippen molar-refractivity contribution < 1.29 is 17.6 Å². The average Bonchev–Trinajstić information content (AvgIpc) is 1.25. The molecule has 0 aromatic carbocycles. The fraction of sp³-hybridized carbons (Fsp3) is 1.00. The first-order valence-corrected chi connectivity index (χ1v) is 4.01. The van der Waals surface area contributed by atoms with E-state index in [0.717, 1.165) is 0 Å². The molecule has 0 unspecified atom stereocenters. The first-order chi connectivity index (χ1) is 3.25. The maximum atomic E-state index is 11.6. The minimum Gasteiger partial charge on any atom is -0.207 e. The van der Waals surface area contributed by atoms with E-state index in [4.69, 9.17) is 0 Å². The van der Waals surface area contributed by atoms with Gasteiger partial charge in [0.15, 0.2) is 0 Å². The van der Waals surface area contributed by atoms with Crippen molar-refractivity contribution >= 4 is 20.5 Å². The quantitative estimate of drug-likeness (QED) is 0.339. The summed E-state index contributed by atoms with van der Waals surface area (Å²) in [4.78, 5) is 0. The van der Waals surface area contributed by atoms with Crippen molar-refractivity contribution in [2.45, 2.75) is 11.1 Å². The first-order valence-electron chi connectivity index (χ1n) is 2.01. The highest BCUT2D eigenvalue weighted by atomic mass is 28.2. The molecule has 0 aliphatic carbocycles. The van der Waals surface area contributed by atoms with Gasteiger partial charge in [0.05, 0.1) is 20.5 Å². The van der Waals surface area contributed by atoms with Gasteiger partial charge < -0.3 is 0 Å². The molecule has 6 heteroatoms. The minimum atomic E-state index is -3.70. The van der Waals surface area contributed by atoms with Crippen molar-refractivity contribution in [3.8, 4) is 0 Å². The molecule has 0 aliphatic heterocycles. The second-order valence-corrected chi connectivity index (χ2v) is 4.29. The second-order valence-electron chi connectivity index (χ2n) is 1.78. The zero-order valence-corrected chi connectivity index (χ0v) is 8.51. The molecule has 0 fully saturated rings. The summed E-state index contributed by atoms with van der Waals surface area (Å²) in [6.45, 7) is 0. The number of alkyl halides is 4. The maximum Gasteiger partial charge on any atom is 0.275 e. The highest BCUT2D eigenvalue weighted by Crippen LogP contribution is 2.26. The van der Waals surface area contributed by atoms with Gasteiger partial charge in [-0.1, -0.05) is 0 Å². The van der Waals surface area contributed by atoms with E-state index in [-0.39, 0.29) is 0 Å². The number of hydrogen-bond acceptors (Lipinski definition) is 0. The first kappa shape index (κ1) is 8.15. The minimum absolute atomic E-state index is 0.762. The van der Waals surface area contributed by atoms with E-state index < -0.39 is 31.6 Å². The summed E-state index contributed by atoms with van der Waals surface area (Å²) in [7, 11) is -1.52. The predicted octanol–water partition coefficient (Wildman–Crippen LogP) is -1.10. The Kier molecular flexibility index (Phi) is 1.87. The third-order valence-corrected chi connectivity index (χ3v) is 3.53. The summed E-state index contributed by atoms with van der Waals surface area (Å²) < 4.78 is 46.3. The van der Waals surface area contributed by atoms with Crippen molar-refractivity contribution in [2.24, 2.45) is 0 Å². The summed E-state index contributed by atoms with van der Waals surface area (Å²) in [5, 5.41) is 0. The molecular weight excluding hydrogens is 156 g/mol. The van der Waals surface area contributed by atoms with Crippen molar-refractivity contribution in [1.29, 1.82) is 0 Å². The number of halogens is 4. The van der Waals surface area contributed by atoms with Gasteiger partial charge in [0.25, 0.3) is 11.1 Å². The molecule has 0 bridgehead atoms. The normalized spacial score (nSPS) is 15.0. The topological polar surface area (TPSA) is 0 Å². The average molecular weight is 162 g/mol. The molecule has 0 atom stereocenters. The van der Waals surface area contributed by atoms with Crippen LogP contribution >= 0.6 is 0 Å². The molecule has 50 valence electrons. The molecule has 8 heavy (non-hydrogen) atoms. The lowest BCUT2D eigenvalue weighted by Crippen LogP contribution is -2.41. The van der Waals surface area contributed by atoms with Crippen molar-refractivity contribution in [3.63, 3.8) is 0 Å². The third kappa shape index (κ3) is 1.95. The van der Waals surface area contributed by atoms with Gasteiger partial charge in [0.1, 0.15) is 0 Å². The van der Waals surface area contributed by atoms with Gasteiger partial charge in [-0.25, -0.2) is 17.6 Å². The van der Waals surface area contributed by atoms with Crippen molar-refractivity contribution in [3.05, 3.63) is 0 Å². The van der Waals surface area contributed by atoms with Gasteiger partial charge in [-0.15, -0.1) is 0 Å². The van der Waals surface area contributed by atoms with Crippen LogP contribution in [0.25, 0.3) is 0 Å². The Labute approximate surface area is 50.1 Å². The molecule has 0 rings (SSSR count). The van der Waals surface area contributed by atoms with E-state index in [1.165, 1.54) is 0 Å². The standard InChI is InChI=1S/C2H6F4Si2/c3-1(4,7)2(5,6)8/h7-8H3. The molecule has 0 heterocycles. The SMILES string of the molecule is FC(F)([SiH3])C(F)(F)[SiH3]. The Morgan fingerprint density at radius 1 is 0.750 bits per heavy atom. The van der Waals surface area contributed by atoms with Gasteiger partial charge in [-0.3, -0.25) is 0 Å². The van der Waals surface area contributed by atoms with Gasteiger partial charge in [-0.05, 0) is 0 Å². The van der Waals surface area contributed by atoms with Crippen LogP contribution < -0.4 is 0 Å². The zero-order chi connectivity index (χ0) is 7.00. The van der Waals surface area contributed by atoms with Crippen molar-refractivity contribution in [2.75, 3.05) is 0 Å². The number of rotatable bonds is 1. The van der Waals surface area contributed by atoms with Crippen LogP contribution in [0.1, 0.15) is 0 Å². The molecule has 0 aliphatic rings. The Balaban J connectivity index is 4.02. The summed E-state index contributed by atoms with van der Waals surface area (Å²) in [6.07, 6.45) is 0. The molecule has 0 amide bonds. The lowest BCUT2D eigenvalue weighted by atomic mass is 10.7. The molecule has 0 saturated carbocycles. The molecule has 0 nitrogen and oxygen atoms in total. The predicted molar refractivity (Wildman–Crippen MR) is 29.8 cm³/mol. The van der Waals surface area contributed by atoms with Crippen LogP contribution in [0.3, 0.4) is 0 Å². The highest BCUT2D eigenvalue weighted by Gasteiger charge is 2.46. The monoisotopic (exact) mass is 162 g/mol. The van der Waals surface area contributed by atoms with Crippen LogP contribution in [0.15, 0.2) is 0 Å². The van der Waals surface area contributed by atoms with Crippen LogP contribution in [0, 0.1) is 0 Å². The summed E-state index contributed by atoms with van der Waals surface area (Å²) in [6, 6.07) is 0. The fourth-order valence-corrected chi connectivity index (χ4v) is 0. The van der Waals surface area contributed by atoms with Crippen LogP contribution in [0.5, 0.6) is 0 Å². The van der Waals surface area contributed by atoms with E-state index in [0.29, 0.717) is 0 Å². The van der Waals surface area contributed by atoms with E-state index in [1.54, 1.807) is 0 Å². The molecule has 0 aromatic rings. The fourth-order valence-electron chi connectivity index (χ4n) is 0. The van der Waals surface area contributed by atoms with E-state index >= 15 is 0 Å². The second kappa shape index (κ2) is 1.83. The summed E-state index contributed by atoms with van der Waals surface area (Å²) >= 11 is 0. The zero-order valence-electron chi connectivity index (χ0n) is 4.51. The molecular formula is C2H6F4Si2. The molecule has 0 spiro atoms. The lowest BCUT2D eigenvalue weighted by Gasteiger charge is -2.18. The van der Waals surface area contributed by atoms with Crippen LogP contribution in [-0.2, 0) is 0 Å². The lowest BCUT2D eigenvalue weighted by molar-refractivity contribution is -0.0972.